The first-order chi connectivity index (χ1) is 11.1. The lowest BCUT2D eigenvalue weighted by molar-refractivity contribution is -0.118. The van der Waals surface area contributed by atoms with Gasteiger partial charge in [0.1, 0.15) is 18.1 Å². The maximum Gasteiger partial charge on any atom is 0.262 e. The van der Waals surface area contributed by atoms with Crippen LogP contribution in [0.25, 0.3) is 0 Å². The Morgan fingerprint density at radius 3 is 2.65 bits per heavy atom. The minimum absolute atomic E-state index is 0.101. The molecule has 0 saturated heterocycles. The molecule has 0 aliphatic carbocycles. The standard InChI is InChI=1S/C17H15Br2NO3/c1-2-9-22-16-6-4-3-5-14(16)20-17(21)11-23-15-8-7-12(18)10-13(15)19/h2-8,10H,1,9,11H2,(H,20,21). The van der Waals surface area contributed by atoms with Gasteiger partial charge >= 0.3 is 0 Å². The van der Waals surface area contributed by atoms with Crippen molar-refractivity contribution in [2.45, 2.75) is 0 Å². The van der Waals surface area contributed by atoms with Crippen LogP contribution in [0.4, 0.5) is 5.69 Å². The first-order valence-corrected chi connectivity index (χ1v) is 8.39. The van der Waals surface area contributed by atoms with Crippen LogP contribution in [0.1, 0.15) is 0 Å². The van der Waals surface area contributed by atoms with Crippen molar-refractivity contribution >= 4 is 43.5 Å². The molecule has 2 aromatic rings. The van der Waals surface area contributed by atoms with Crippen LogP contribution in [0.2, 0.25) is 0 Å². The zero-order chi connectivity index (χ0) is 16.7. The topological polar surface area (TPSA) is 47.6 Å². The lowest BCUT2D eigenvalue weighted by atomic mass is 10.3. The number of carbonyl (C=O) groups is 1. The van der Waals surface area contributed by atoms with Gasteiger partial charge in [-0.15, -0.1) is 0 Å². The van der Waals surface area contributed by atoms with Crippen LogP contribution in [0.15, 0.2) is 64.1 Å². The van der Waals surface area contributed by atoms with E-state index >= 15 is 0 Å². The second kappa shape index (κ2) is 8.74. The van der Waals surface area contributed by atoms with E-state index in [2.05, 4.69) is 43.8 Å². The summed E-state index contributed by atoms with van der Waals surface area (Å²) in [5, 5.41) is 2.77. The van der Waals surface area contributed by atoms with Crippen molar-refractivity contribution in [1.82, 2.24) is 0 Å². The quantitative estimate of drug-likeness (QED) is 0.629. The number of ether oxygens (including phenoxy) is 2. The Labute approximate surface area is 151 Å². The highest BCUT2D eigenvalue weighted by molar-refractivity contribution is 9.11. The summed E-state index contributed by atoms with van der Waals surface area (Å²) in [5.74, 6) is 0.916. The number of para-hydroxylation sites is 2. The van der Waals surface area contributed by atoms with Crippen molar-refractivity contribution in [3.63, 3.8) is 0 Å². The summed E-state index contributed by atoms with van der Waals surface area (Å²) in [4.78, 5) is 12.1. The van der Waals surface area contributed by atoms with Crippen LogP contribution in [-0.2, 0) is 4.79 Å². The molecule has 0 aliphatic heterocycles. The number of halogens is 2. The Morgan fingerprint density at radius 2 is 1.91 bits per heavy atom. The number of hydrogen-bond acceptors (Lipinski definition) is 3. The van der Waals surface area contributed by atoms with Gasteiger partial charge in [0.15, 0.2) is 6.61 Å². The lowest BCUT2D eigenvalue weighted by Gasteiger charge is -2.12. The fraction of sp³-hybridized carbons (Fsp3) is 0.118. The number of nitrogens with one attached hydrogen (secondary N) is 1. The highest BCUT2D eigenvalue weighted by atomic mass is 79.9. The van der Waals surface area contributed by atoms with Crippen molar-refractivity contribution in [3.8, 4) is 11.5 Å². The minimum Gasteiger partial charge on any atom is -0.487 e. The van der Waals surface area contributed by atoms with E-state index in [-0.39, 0.29) is 12.5 Å². The number of rotatable bonds is 7. The summed E-state index contributed by atoms with van der Waals surface area (Å²) in [5.41, 5.74) is 0.595. The number of carbonyl (C=O) groups excluding carboxylic acids is 1. The van der Waals surface area contributed by atoms with Crippen LogP contribution in [0, 0.1) is 0 Å². The van der Waals surface area contributed by atoms with Gasteiger partial charge in [-0.1, -0.05) is 40.7 Å². The fourth-order valence-electron chi connectivity index (χ4n) is 1.77. The Kier molecular flexibility index (Phi) is 6.67. The smallest absolute Gasteiger partial charge is 0.262 e. The number of amides is 1. The van der Waals surface area contributed by atoms with Crippen molar-refractivity contribution in [2.75, 3.05) is 18.5 Å². The number of benzene rings is 2. The first-order valence-electron chi connectivity index (χ1n) is 6.80. The van der Waals surface area contributed by atoms with Gasteiger partial charge in [-0.3, -0.25) is 4.79 Å². The summed E-state index contributed by atoms with van der Waals surface area (Å²) in [6, 6.07) is 12.7. The molecule has 0 spiro atoms. The third kappa shape index (κ3) is 5.41. The molecule has 0 fully saturated rings. The molecule has 2 rings (SSSR count). The molecule has 6 heteroatoms. The van der Waals surface area contributed by atoms with Crippen molar-refractivity contribution in [2.24, 2.45) is 0 Å². The Morgan fingerprint density at radius 1 is 1.13 bits per heavy atom. The van der Waals surface area contributed by atoms with E-state index in [0.29, 0.717) is 23.8 Å². The maximum absolute atomic E-state index is 12.1. The van der Waals surface area contributed by atoms with E-state index in [1.54, 1.807) is 24.3 Å². The molecule has 0 radical (unpaired) electrons. The van der Waals surface area contributed by atoms with Crippen LogP contribution in [-0.4, -0.2) is 19.1 Å². The fourth-order valence-corrected chi connectivity index (χ4v) is 2.93. The van der Waals surface area contributed by atoms with E-state index in [1.807, 2.05) is 24.3 Å². The van der Waals surface area contributed by atoms with Gasteiger partial charge in [-0.2, -0.15) is 0 Å². The van der Waals surface area contributed by atoms with Gasteiger partial charge in [0.2, 0.25) is 0 Å². The highest BCUT2D eigenvalue weighted by Gasteiger charge is 2.09. The van der Waals surface area contributed by atoms with E-state index < -0.39 is 0 Å². The second-order valence-electron chi connectivity index (χ2n) is 4.51. The molecule has 0 saturated carbocycles. The molecule has 0 unspecified atom stereocenters. The SMILES string of the molecule is C=CCOc1ccccc1NC(=O)COc1ccc(Br)cc1Br. The minimum atomic E-state index is -0.269. The van der Waals surface area contributed by atoms with Crippen LogP contribution < -0.4 is 14.8 Å². The van der Waals surface area contributed by atoms with Gasteiger partial charge in [-0.25, -0.2) is 0 Å². The summed E-state index contributed by atoms with van der Waals surface area (Å²) in [6.07, 6.45) is 1.65. The van der Waals surface area contributed by atoms with Gasteiger partial charge < -0.3 is 14.8 Å². The van der Waals surface area contributed by atoms with Gasteiger partial charge in [0.25, 0.3) is 5.91 Å². The largest absolute Gasteiger partial charge is 0.487 e. The summed E-state index contributed by atoms with van der Waals surface area (Å²) >= 11 is 6.75. The molecule has 120 valence electrons. The molecule has 23 heavy (non-hydrogen) atoms. The van der Waals surface area contributed by atoms with Crippen molar-refractivity contribution in [1.29, 1.82) is 0 Å². The summed E-state index contributed by atoms with van der Waals surface area (Å²) in [6.45, 7) is 3.87. The summed E-state index contributed by atoms with van der Waals surface area (Å²) < 4.78 is 12.7. The molecule has 2 aromatic carbocycles. The molecule has 4 nitrogen and oxygen atoms in total. The zero-order valence-electron chi connectivity index (χ0n) is 12.2. The molecule has 0 bridgehead atoms. The van der Waals surface area contributed by atoms with Crippen molar-refractivity contribution < 1.29 is 14.3 Å². The van der Waals surface area contributed by atoms with Crippen LogP contribution in [0.3, 0.4) is 0 Å². The zero-order valence-corrected chi connectivity index (χ0v) is 15.4. The maximum atomic E-state index is 12.1. The molecule has 1 N–H and O–H groups in total. The third-order valence-electron chi connectivity index (χ3n) is 2.77. The lowest BCUT2D eigenvalue weighted by Crippen LogP contribution is -2.20. The van der Waals surface area contributed by atoms with E-state index in [1.165, 1.54) is 0 Å². The average Bonchev–Trinajstić information content (AvgIpc) is 2.53. The van der Waals surface area contributed by atoms with Crippen LogP contribution in [0.5, 0.6) is 11.5 Å². The molecular formula is C17H15Br2NO3. The molecule has 0 aliphatic rings. The predicted molar refractivity (Wildman–Crippen MR) is 98.1 cm³/mol. The van der Waals surface area contributed by atoms with Gasteiger partial charge in [0.05, 0.1) is 10.2 Å². The van der Waals surface area contributed by atoms with Crippen LogP contribution >= 0.6 is 31.9 Å². The number of anilines is 1. The predicted octanol–water partition coefficient (Wildman–Crippen LogP) is 4.79. The number of hydrogen-bond donors (Lipinski definition) is 1. The van der Waals surface area contributed by atoms with Gasteiger partial charge in [-0.05, 0) is 46.3 Å². The first kappa shape index (κ1) is 17.6. The van der Waals surface area contributed by atoms with Crippen molar-refractivity contribution in [3.05, 3.63) is 64.1 Å². The molecule has 0 heterocycles. The highest BCUT2D eigenvalue weighted by Crippen LogP contribution is 2.28. The summed E-state index contributed by atoms with van der Waals surface area (Å²) in [7, 11) is 0. The molecular weight excluding hydrogens is 426 g/mol. The van der Waals surface area contributed by atoms with E-state index in [4.69, 9.17) is 9.47 Å². The molecule has 0 atom stereocenters. The Hall–Kier alpha value is -1.79. The second-order valence-corrected chi connectivity index (χ2v) is 6.28. The van der Waals surface area contributed by atoms with Gasteiger partial charge in [0, 0.05) is 4.47 Å². The normalized spacial score (nSPS) is 10.0. The third-order valence-corrected chi connectivity index (χ3v) is 3.88. The Bertz CT molecular complexity index is 704. The van der Waals surface area contributed by atoms with E-state index in [9.17, 15) is 4.79 Å². The van der Waals surface area contributed by atoms with E-state index in [0.717, 1.165) is 8.95 Å². The average molecular weight is 441 g/mol. The monoisotopic (exact) mass is 439 g/mol. The molecule has 1 amide bonds. The molecule has 0 aromatic heterocycles. The Balaban J connectivity index is 1.96.